The molecule has 0 spiro atoms. The van der Waals surface area contributed by atoms with Gasteiger partial charge in [-0.25, -0.2) is 0 Å². The van der Waals surface area contributed by atoms with Crippen LogP contribution in [0, 0.1) is 12.8 Å². The molecule has 2 aromatic rings. The van der Waals surface area contributed by atoms with Crippen LogP contribution in [0.3, 0.4) is 0 Å². The highest BCUT2D eigenvalue weighted by Gasteiger charge is 2.31. The van der Waals surface area contributed by atoms with E-state index in [0.29, 0.717) is 6.54 Å². The Balaban J connectivity index is 1.95. The van der Waals surface area contributed by atoms with E-state index in [-0.39, 0.29) is 12.0 Å². The van der Waals surface area contributed by atoms with Crippen molar-refractivity contribution in [2.75, 3.05) is 13.1 Å². The fourth-order valence-electron chi connectivity index (χ4n) is 3.57. The number of carboxylic acid groups (broad SMARTS) is 1. The van der Waals surface area contributed by atoms with Crippen molar-refractivity contribution in [3.63, 3.8) is 0 Å². The first-order valence-electron chi connectivity index (χ1n) is 9.06. The predicted octanol–water partition coefficient (Wildman–Crippen LogP) is 3.84. The second-order valence-electron chi connectivity index (χ2n) is 6.93. The molecule has 0 radical (unpaired) electrons. The summed E-state index contributed by atoms with van der Waals surface area (Å²) in [4.78, 5) is 18.5. The molecule has 1 aromatic carbocycles. The molecule has 1 aliphatic heterocycles. The second kappa shape index (κ2) is 7.79. The van der Waals surface area contributed by atoms with Crippen LogP contribution < -0.4 is 0 Å². The summed E-state index contributed by atoms with van der Waals surface area (Å²) >= 11 is 0. The van der Waals surface area contributed by atoms with Gasteiger partial charge in [-0.05, 0) is 49.9 Å². The van der Waals surface area contributed by atoms with Crippen molar-refractivity contribution in [2.24, 2.45) is 5.92 Å². The standard InChI is InChI=1S/C21H26N2O2/c1-3-16-8-11-19(22-13-16)20(17-9-6-15(2)7-10-17)23-12-4-5-18(14-23)21(24)25/h6-11,13,18,20H,3-5,12,14H2,1-2H3,(H,24,25). The van der Waals surface area contributed by atoms with Crippen LogP contribution in [-0.4, -0.2) is 34.0 Å². The zero-order chi connectivity index (χ0) is 17.8. The number of likely N-dealkylation sites (tertiary alicyclic amines) is 1. The van der Waals surface area contributed by atoms with Crippen molar-refractivity contribution >= 4 is 5.97 Å². The normalized spacial score (nSPS) is 19.5. The van der Waals surface area contributed by atoms with E-state index in [1.165, 1.54) is 16.7 Å². The minimum Gasteiger partial charge on any atom is -0.481 e. The van der Waals surface area contributed by atoms with Crippen LogP contribution in [0.25, 0.3) is 0 Å². The van der Waals surface area contributed by atoms with E-state index in [9.17, 15) is 9.90 Å². The summed E-state index contributed by atoms with van der Waals surface area (Å²) in [5.41, 5.74) is 4.60. The lowest BCUT2D eigenvalue weighted by Gasteiger charge is -2.37. The maximum atomic E-state index is 11.5. The number of hydrogen-bond donors (Lipinski definition) is 1. The third-order valence-corrected chi connectivity index (χ3v) is 5.10. The maximum absolute atomic E-state index is 11.5. The van der Waals surface area contributed by atoms with E-state index < -0.39 is 5.97 Å². The number of benzene rings is 1. The van der Waals surface area contributed by atoms with E-state index in [1.54, 1.807) is 0 Å². The maximum Gasteiger partial charge on any atom is 0.307 e. The van der Waals surface area contributed by atoms with Gasteiger partial charge in [0.05, 0.1) is 17.7 Å². The molecule has 0 aliphatic carbocycles. The summed E-state index contributed by atoms with van der Waals surface area (Å²) in [5, 5.41) is 9.44. The summed E-state index contributed by atoms with van der Waals surface area (Å²) in [6.07, 6.45) is 4.57. The van der Waals surface area contributed by atoms with Crippen LogP contribution in [0.4, 0.5) is 0 Å². The van der Waals surface area contributed by atoms with E-state index in [4.69, 9.17) is 4.98 Å². The zero-order valence-corrected chi connectivity index (χ0v) is 15.0. The van der Waals surface area contributed by atoms with Crippen molar-refractivity contribution in [3.8, 4) is 0 Å². The van der Waals surface area contributed by atoms with Gasteiger partial charge in [-0.15, -0.1) is 0 Å². The van der Waals surface area contributed by atoms with Gasteiger partial charge >= 0.3 is 5.97 Å². The van der Waals surface area contributed by atoms with Gasteiger partial charge in [-0.2, -0.15) is 0 Å². The Morgan fingerprint density at radius 3 is 2.64 bits per heavy atom. The molecule has 1 N–H and O–H groups in total. The second-order valence-corrected chi connectivity index (χ2v) is 6.93. The molecular formula is C21H26N2O2. The Bertz CT molecular complexity index is 710. The van der Waals surface area contributed by atoms with Gasteiger partial charge in [-0.1, -0.05) is 42.8 Å². The summed E-state index contributed by atoms with van der Waals surface area (Å²) in [6, 6.07) is 12.7. The average molecular weight is 338 g/mol. The first kappa shape index (κ1) is 17.6. The minimum absolute atomic E-state index is 0.00801. The summed E-state index contributed by atoms with van der Waals surface area (Å²) < 4.78 is 0. The van der Waals surface area contributed by atoms with Crippen LogP contribution in [0.15, 0.2) is 42.6 Å². The van der Waals surface area contributed by atoms with Crippen LogP contribution in [-0.2, 0) is 11.2 Å². The smallest absolute Gasteiger partial charge is 0.307 e. The molecule has 2 unspecified atom stereocenters. The topological polar surface area (TPSA) is 53.4 Å². The Kier molecular flexibility index (Phi) is 5.49. The highest BCUT2D eigenvalue weighted by Crippen LogP contribution is 2.32. The molecule has 1 aromatic heterocycles. The number of pyridine rings is 1. The number of piperidine rings is 1. The van der Waals surface area contributed by atoms with Crippen molar-refractivity contribution in [2.45, 2.75) is 39.2 Å². The van der Waals surface area contributed by atoms with E-state index >= 15 is 0 Å². The minimum atomic E-state index is -0.693. The zero-order valence-electron chi connectivity index (χ0n) is 15.0. The van der Waals surface area contributed by atoms with Gasteiger partial charge in [-0.3, -0.25) is 14.7 Å². The molecule has 25 heavy (non-hydrogen) atoms. The fraction of sp³-hybridized carbons (Fsp3) is 0.429. The monoisotopic (exact) mass is 338 g/mol. The highest BCUT2D eigenvalue weighted by molar-refractivity contribution is 5.70. The molecule has 0 amide bonds. The summed E-state index contributed by atoms with van der Waals surface area (Å²) in [5.74, 6) is -0.988. The lowest BCUT2D eigenvalue weighted by atomic mass is 9.93. The SMILES string of the molecule is CCc1ccc(C(c2ccc(C)cc2)N2CCCC(C(=O)O)C2)nc1. The number of carboxylic acids is 1. The molecule has 2 atom stereocenters. The van der Waals surface area contributed by atoms with E-state index in [0.717, 1.165) is 31.5 Å². The summed E-state index contributed by atoms with van der Waals surface area (Å²) in [6.45, 7) is 5.68. The predicted molar refractivity (Wildman–Crippen MR) is 98.6 cm³/mol. The molecule has 4 heteroatoms. The molecule has 2 heterocycles. The van der Waals surface area contributed by atoms with Crippen molar-refractivity contribution in [1.82, 2.24) is 9.88 Å². The van der Waals surface area contributed by atoms with Crippen LogP contribution >= 0.6 is 0 Å². The molecule has 1 aliphatic rings. The lowest BCUT2D eigenvalue weighted by molar-refractivity contribution is -0.143. The van der Waals surface area contributed by atoms with Gasteiger partial charge in [0.25, 0.3) is 0 Å². The Morgan fingerprint density at radius 1 is 1.28 bits per heavy atom. The van der Waals surface area contributed by atoms with Gasteiger partial charge < -0.3 is 5.11 Å². The van der Waals surface area contributed by atoms with Gasteiger partial charge in [0.2, 0.25) is 0 Å². The molecule has 0 bridgehead atoms. The summed E-state index contributed by atoms with van der Waals surface area (Å²) in [7, 11) is 0. The van der Waals surface area contributed by atoms with Crippen LogP contribution in [0.5, 0.6) is 0 Å². The molecule has 3 rings (SSSR count). The first-order chi connectivity index (χ1) is 12.1. The number of rotatable bonds is 5. The number of carbonyl (C=O) groups is 1. The Labute approximate surface area is 149 Å². The van der Waals surface area contributed by atoms with E-state index in [1.807, 2.05) is 6.20 Å². The van der Waals surface area contributed by atoms with Crippen molar-refractivity contribution in [1.29, 1.82) is 0 Å². The lowest BCUT2D eigenvalue weighted by Crippen LogP contribution is -2.41. The molecular weight excluding hydrogens is 312 g/mol. The van der Waals surface area contributed by atoms with Gasteiger partial charge in [0.15, 0.2) is 0 Å². The molecule has 132 valence electrons. The molecule has 1 fully saturated rings. The molecule has 0 saturated carbocycles. The average Bonchev–Trinajstić information content (AvgIpc) is 2.64. The number of hydrogen-bond acceptors (Lipinski definition) is 3. The highest BCUT2D eigenvalue weighted by atomic mass is 16.4. The molecule has 1 saturated heterocycles. The van der Waals surface area contributed by atoms with Gasteiger partial charge in [0, 0.05) is 12.7 Å². The third kappa shape index (κ3) is 4.07. The number of aliphatic carboxylic acids is 1. The van der Waals surface area contributed by atoms with Crippen molar-refractivity contribution < 1.29 is 9.90 Å². The quantitative estimate of drug-likeness (QED) is 0.900. The first-order valence-corrected chi connectivity index (χ1v) is 9.06. The van der Waals surface area contributed by atoms with E-state index in [2.05, 4.69) is 55.1 Å². The van der Waals surface area contributed by atoms with Crippen LogP contribution in [0.2, 0.25) is 0 Å². The number of aryl methyl sites for hydroxylation is 2. The third-order valence-electron chi connectivity index (χ3n) is 5.10. The largest absolute Gasteiger partial charge is 0.481 e. The number of nitrogens with zero attached hydrogens (tertiary/aromatic N) is 2. The van der Waals surface area contributed by atoms with Crippen LogP contribution in [0.1, 0.15) is 48.2 Å². The Morgan fingerprint density at radius 2 is 2.04 bits per heavy atom. The Hall–Kier alpha value is -2.20. The van der Waals surface area contributed by atoms with Crippen molar-refractivity contribution in [3.05, 3.63) is 65.0 Å². The molecule has 4 nitrogen and oxygen atoms in total. The fourth-order valence-corrected chi connectivity index (χ4v) is 3.57. The number of aromatic nitrogens is 1. The van der Waals surface area contributed by atoms with Gasteiger partial charge in [0.1, 0.15) is 0 Å².